The fourth-order valence-corrected chi connectivity index (χ4v) is 4.31. The van der Waals surface area contributed by atoms with Crippen LogP contribution in [-0.4, -0.2) is 33.9 Å². The molecule has 0 radical (unpaired) electrons. The molecule has 23 heavy (non-hydrogen) atoms. The second-order valence-corrected chi connectivity index (χ2v) is 6.96. The van der Waals surface area contributed by atoms with Gasteiger partial charge in [0.1, 0.15) is 11.5 Å². The Morgan fingerprint density at radius 3 is 2.17 bits per heavy atom. The van der Waals surface area contributed by atoms with Gasteiger partial charge in [0.15, 0.2) is 0 Å². The van der Waals surface area contributed by atoms with Gasteiger partial charge in [0.05, 0.1) is 19.9 Å². The predicted octanol–water partition coefficient (Wildman–Crippen LogP) is 3.46. The molecule has 4 heteroatoms. The molecule has 1 aromatic carbocycles. The Bertz CT molecular complexity index is 532. The quantitative estimate of drug-likeness (QED) is 0.903. The average molecular weight is 318 g/mol. The van der Waals surface area contributed by atoms with E-state index in [0.717, 1.165) is 43.1 Å². The summed E-state index contributed by atoms with van der Waals surface area (Å²) in [6.45, 7) is 2.87. The van der Waals surface area contributed by atoms with Gasteiger partial charge in [-0.25, -0.2) is 0 Å². The summed E-state index contributed by atoms with van der Waals surface area (Å²) in [5, 5.41) is 0. The lowest BCUT2D eigenvalue weighted by molar-refractivity contribution is 0.286. The maximum absolute atomic E-state index is 6.24. The van der Waals surface area contributed by atoms with Crippen LogP contribution < -0.4 is 20.1 Å². The molecule has 1 aliphatic carbocycles. The molecule has 0 bridgehead atoms. The van der Waals surface area contributed by atoms with Crippen LogP contribution in [0.3, 0.4) is 0 Å². The van der Waals surface area contributed by atoms with Gasteiger partial charge in [-0.3, -0.25) is 0 Å². The van der Waals surface area contributed by atoms with E-state index in [2.05, 4.69) is 17.0 Å². The number of ether oxygens (including phenoxy) is 2. The Kier molecular flexibility index (Phi) is 5.00. The third-order valence-electron chi connectivity index (χ3n) is 5.72. The number of nitrogens with zero attached hydrogens (tertiary/aromatic N) is 1. The number of anilines is 1. The number of hydrogen-bond donors (Lipinski definition) is 1. The molecule has 0 unspecified atom stereocenters. The number of rotatable bonds is 5. The monoisotopic (exact) mass is 318 g/mol. The van der Waals surface area contributed by atoms with Crippen molar-refractivity contribution in [2.75, 3.05) is 38.8 Å². The minimum atomic E-state index is 0.0421. The highest BCUT2D eigenvalue weighted by atomic mass is 16.5. The van der Waals surface area contributed by atoms with E-state index in [1.807, 2.05) is 0 Å². The molecule has 1 aliphatic heterocycles. The largest absolute Gasteiger partial charge is 0.496 e. The van der Waals surface area contributed by atoms with Gasteiger partial charge in [0, 0.05) is 36.7 Å². The van der Waals surface area contributed by atoms with Crippen LogP contribution in [0.15, 0.2) is 12.1 Å². The van der Waals surface area contributed by atoms with Gasteiger partial charge in [0.2, 0.25) is 0 Å². The van der Waals surface area contributed by atoms with Crippen molar-refractivity contribution >= 4 is 5.69 Å². The lowest BCUT2D eigenvalue weighted by atomic mass is 9.69. The molecule has 2 N–H and O–H groups in total. The molecule has 2 fully saturated rings. The van der Waals surface area contributed by atoms with Crippen molar-refractivity contribution in [1.29, 1.82) is 0 Å². The van der Waals surface area contributed by atoms with Crippen molar-refractivity contribution < 1.29 is 9.47 Å². The van der Waals surface area contributed by atoms with E-state index in [0.29, 0.717) is 6.54 Å². The Balaban J connectivity index is 2.05. The highest BCUT2D eigenvalue weighted by Gasteiger charge is 2.36. The van der Waals surface area contributed by atoms with Gasteiger partial charge >= 0.3 is 0 Å². The summed E-state index contributed by atoms with van der Waals surface area (Å²) in [5.41, 5.74) is 8.68. The number of hydrogen-bond acceptors (Lipinski definition) is 4. The molecule has 0 atom stereocenters. The van der Waals surface area contributed by atoms with Crippen molar-refractivity contribution in [3.05, 3.63) is 17.7 Å². The van der Waals surface area contributed by atoms with Crippen molar-refractivity contribution in [3.8, 4) is 11.5 Å². The van der Waals surface area contributed by atoms with E-state index >= 15 is 0 Å². The molecule has 1 saturated carbocycles. The summed E-state index contributed by atoms with van der Waals surface area (Å²) in [6, 6.07) is 4.37. The van der Waals surface area contributed by atoms with Crippen LogP contribution in [0, 0.1) is 0 Å². The molecule has 4 nitrogen and oxygen atoms in total. The van der Waals surface area contributed by atoms with E-state index in [-0.39, 0.29) is 5.41 Å². The van der Waals surface area contributed by atoms with Crippen molar-refractivity contribution in [3.63, 3.8) is 0 Å². The SMILES string of the molecule is COc1cc(C2(CN)CCCCC2)c(OC)cc1N1CCCC1. The Morgan fingerprint density at radius 2 is 1.61 bits per heavy atom. The lowest BCUT2D eigenvalue weighted by Crippen LogP contribution is -2.37. The maximum Gasteiger partial charge on any atom is 0.142 e. The summed E-state index contributed by atoms with van der Waals surface area (Å²) in [4.78, 5) is 2.40. The number of nitrogens with two attached hydrogens (primary N) is 1. The van der Waals surface area contributed by atoms with Crippen LogP contribution in [0.5, 0.6) is 11.5 Å². The van der Waals surface area contributed by atoms with E-state index in [1.54, 1.807) is 14.2 Å². The number of benzene rings is 1. The first-order chi connectivity index (χ1) is 11.2. The summed E-state index contributed by atoms with van der Waals surface area (Å²) < 4.78 is 11.5. The first kappa shape index (κ1) is 16.4. The van der Waals surface area contributed by atoms with Crippen LogP contribution in [0.1, 0.15) is 50.5 Å². The van der Waals surface area contributed by atoms with Gasteiger partial charge in [-0.05, 0) is 31.7 Å². The second-order valence-electron chi connectivity index (χ2n) is 6.96. The Labute approximate surface area is 139 Å². The van der Waals surface area contributed by atoms with E-state index in [4.69, 9.17) is 15.2 Å². The zero-order valence-corrected chi connectivity index (χ0v) is 14.6. The summed E-state index contributed by atoms with van der Waals surface area (Å²) in [6.07, 6.45) is 8.60. The molecular weight excluding hydrogens is 288 g/mol. The predicted molar refractivity (Wildman–Crippen MR) is 94.8 cm³/mol. The molecule has 1 heterocycles. The molecule has 1 aromatic rings. The summed E-state index contributed by atoms with van der Waals surface area (Å²) in [5.74, 6) is 1.93. The average Bonchev–Trinajstić information content (AvgIpc) is 3.15. The third-order valence-corrected chi connectivity index (χ3v) is 5.72. The van der Waals surface area contributed by atoms with E-state index in [1.165, 1.54) is 37.7 Å². The lowest BCUT2D eigenvalue weighted by Gasteiger charge is -2.38. The molecule has 0 aromatic heterocycles. The fraction of sp³-hybridized carbons (Fsp3) is 0.684. The standard InChI is InChI=1S/C19H30N2O2/c1-22-17-13-16(21-10-6-7-11-21)18(23-2)12-15(17)19(14-20)8-4-3-5-9-19/h12-13H,3-11,14,20H2,1-2H3. The van der Waals surface area contributed by atoms with E-state index in [9.17, 15) is 0 Å². The first-order valence-corrected chi connectivity index (χ1v) is 8.95. The van der Waals surface area contributed by atoms with Crippen molar-refractivity contribution in [2.45, 2.75) is 50.4 Å². The zero-order chi connectivity index (χ0) is 16.3. The first-order valence-electron chi connectivity index (χ1n) is 8.95. The van der Waals surface area contributed by atoms with Crippen LogP contribution in [0.25, 0.3) is 0 Å². The van der Waals surface area contributed by atoms with Gasteiger partial charge in [-0.1, -0.05) is 19.3 Å². The molecule has 128 valence electrons. The maximum atomic E-state index is 6.24. The fourth-order valence-electron chi connectivity index (χ4n) is 4.31. The van der Waals surface area contributed by atoms with Crippen LogP contribution >= 0.6 is 0 Å². The minimum Gasteiger partial charge on any atom is -0.496 e. The van der Waals surface area contributed by atoms with Crippen LogP contribution in [0.4, 0.5) is 5.69 Å². The van der Waals surface area contributed by atoms with Crippen LogP contribution in [-0.2, 0) is 5.41 Å². The van der Waals surface area contributed by atoms with E-state index < -0.39 is 0 Å². The van der Waals surface area contributed by atoms with Gasteiger partial charge in [-0.2, -0.15) is 0 Å². The molecule has 1 saturated heterocycles. The molecule has 2 aliphatic rings. The molecular formula is C19H30N2O2. The van der Waals surface area contributed by atoms with Gasteiger partial charge in [-0.15, -0.1) is 0 Å². The molecule has 3 rings (SSSR count). The van der Waals surface area contributed by atoms with Gasteiger partial charge < -0.3 is 20.1 Å². The topological polar surface area (TPSA) is 47.7 Å². The third kappa shape index (κ3) is 3.01. The van der Waals surface area contributed by atoms with Gasteiger partial charge in [0.25, 0.3) is 0 Å². The zero-order valence-electron chi connectivity index (χ0n) is 14.6. The molecule has 0 amide bonds. The number of methoxy groups -OCH3 is 2. The Morgan fingerprint density at radius 1 is 0.957 bits per heavy atom. The Hall–Kier alpha value is -1.42. The van der Waals surface area contributed by atoms with Crippen LogP contribution in [0.2, 0.25) is 0 Å². The normalized spacial score (nSPS) is 20.6. The highest BCUT2D eigenvalue weighted by molar-refractivity contribution is 5.65. The minimum absolute atomic E-state index is 0.0421. The highest BCUT2D eigenvalue weighted by Crippen LogP contribution is 2.47. The molecule has 0 spiro atoms. The van der Waals surface area contributed by atoms with Crippen molar-refractivity contribution in [1.82, 2.24) is 0 Å². The summed E-state index contributed by atoms with van der Waals surface area (Å²) >= 11 is 0. The van der Waals surface area contributed by atoms with Crippen molar-refractivity contribution in [2.24, 2.45) is 5.73 Å². The second kappa shape index (κ2) is 7.00. The summed E-state index contributed by atoms with van der Waals surface area (Å²) in [7, 11) is 3.53. The smallest absolute Gasteiger partial charge is 0.142 e.